The number of likely N-dealkylation sites (tertiary alicyclic amines) is 2. The molecule has 0 saturated carbocycles. The van der Waals surface area contributed by atoms with Gasteiger partial charge in [0, 0.05) is 26.4 Å². The fourth-order valence-electron chi connectivity index (χ4n) is 5.07. The monoisotopic (exact) mass is 479 g/mol. The number of hydrogen-bond acceptors (Lipinski definition) is 3. The van der Waals surface area contributed by atoms with Crippen LogP contribution in [0.1, 0.15) is 62.8 Å². The van der Waals surface area contributed by atoms with Crippen molar-refractivity contribution in [2.75, 3.05) is 19.6 Å². The first-order valence-corrected chi connectivity index (χ1v) is 12.2. The summed E-state index contributed by atoms with van der Waals surface area (Å²) in [6.07, 6.45) is -1.29. The highest BCUT2D eigenvalue weighted by molar-refractivity contribution is 5.93. The number of nitrogens with one attached hydrogen (secondary N) is 1. The fraction of sp³-hybridized carbons (Fsp3) is 0.464. The normalized spacial score (nSPS) is 22.0. The van der Waals surface area contributed by atoms with Crippen molar-refractivity contribution in [3.8, 4) is 0 Å². The van der Waals surface area contributed by atoms with E-state index < -0.39 is 23.7 Å². The molecule has 186 valence electrons. The lowest BCUT2D eigenvalue weighted by Crippen LogP contribution is -2.64. The van der Waals surface area contributed by atoms with E-state index in [0.29, 0.717) is 5.92 Å². The molecule has 2 aliphatic heterocycles. The highest BCUT2D eigenvalue weighted by Gasteiger charge is 2.52. The second-order valence-corrected chi connectivity index (χ2v) is 10.4. The Bertz CT molecular complexity index is 1080. The third-order valence-corrected chi connectivity index (χ3v) is 7.21. The molecule has 2 heterocycles. The number of carbonyl (C=O) groups is 3. The van der Waals surface area contributed by atoms with Crippen LogP contribution >= 0.6 is 0 Å². The van der Waals surface area contributed by atoms with Crippen molar-refractivity contribution in [2.24, 2.45) is 5.41 Å². The van der Waals surface area contributed by atoms with E-state index >= 15 is 0 Å². The maximum atomic E-state index is 14.5. The van der Waals surface area contributed by atoms with Crippen molar-refractivity contribution >= 4 is 17.7 Å². The largest absolute Gasteiger partial charge is 0.343 e. The summed E-state index contributed by atoms with van der Waals surface area (Å²) >= 11 is 0. The molecule has 2 saturated heterocycles. The van der Waals surface area contributed by atoms with Crippen LogP contribution in [0.25, 0.3) is 0 Å². The maximum absolute atomic E-state index is 14.5. The van der Waals surface area contributed by atoms with Gasteiger partial charge in [-0.2, -0.15) is 0 Å². The zero-order valence-electron chi connectivity index (χ0n) is 20.8. The van der Waals surface area contributed by atoms with Gasteiger partial charge in [-0.3, -0.25) is 14.4 Å². The Morgan fingerprint density at radius 1 is 0.971 bits per heavy atom. The van der Waals surface area contributed by atoms with E-state index in [1.807, 2.05) is 42.5 Å². The Hall–Kier alpha value is -3.22. The average molecular weight is 480 g/mol. The summed E-state index contributed by atoms with van der Waals surface area (Å²) in [6, 6.07) is 16.5. The first-order valence-electron chi connectivity index (χ1n) is 12.2. The molecule has 35 heavy (non-hydrogen) atoms. The van der Waals surface area contributed by atoms with Gasteiger partial charge in [0.25, 0.3) is 0 Å². The molecular formula is C28H34FN3O3. The predicted octanol–water partition coefficient (Wildman–Crippen LogP) is 3.82. The second-order valence-electron chi connectivity index (χ2n) is 10.4. The highest BCUT2D eigenvalue weighted by atomic mass is 19.1. The zero-order valence-corrected chi connectivity index (χ0v) is 20.8. The lowest BCUT2D eigenvalue weighted by Gasteiger charge is -2.48. The van der Waals surface area contributed by atoms with Crippen LogP contribution in [0, 0.1) is 5.41 Å². The molecule has 2 aliphatic rings. The van der Waals surface area contributed by atoms with Crippen molar-refractivity contribution in [1.82, 2.24) is 15.1 Å². The van der Waals surface area contributed by atoms with Crippen LogP contribution in [-0.4, -0.2) is 59.4 Å². The van der Waals surface area contributed by atoms with Crippen LogP contribution in [0.5, 0.6) is 0 Å². The number of nitrogens with zero attached hydrogens (tertiary/aromatic N) is 2. The summed E-state index contributed by atoms with van der Waals surface area (Å²) in [7, 11) is 0. The summed E-state index contributed by atoms with van der Waals surface area (Å²) in [6.45, 7) is 7.97. The Balaban J connectivity index is 1.55. The van der Waals surface area contributed by atoms with Crippen molar-refractivity contribution in [2.45, 2.75) is 58.3 Å². The van der Waals surface area contributed by atoms with Crippen LogP contribution in [0.15, 0.2) is 54.6 Å². The van der Waals surface area contributed by atoms with Crippen LogP contribution in [-0.2, 0) is 14.4 Å². The molecule has 3 amide bonds. The van der Waals surface area contributed by atoms with Crippen molar-refractivity contribution < 1.29 is 18.8 Å². The molecule has 1 N–H and O–H groups in total. The van der Waals surface area contributed by atoms with E-state index in [9.17, 15) is 18.8 Å². The Labute approximate surface area is 206 Å². The molecule has 2 aromatic carbocycles. The van der Waals surface area contributed by atoms with Gasteiger partial charge in [-0.1, -0.05) is 68.4 Å². The zero-order chi connectivity index (χ0) is 25.3. The number of amides is 3. The Morgan fingerprint density at radius 3 is 2.11 bits per heavy atom. The van der Waals surface area contributed by atoms with E-state index in [-0.39, 0.29) is 43.8 Å². The Morgan fingerprint density at radius 2 is 1.54 bits per heavy atom. The Kier molecular flexibility index (Phi) is 6.97. The van der Waals surface area contributed by atoms with Gasteiger partial charge in [0.15, 0.2) is 0 Å². The number of benzene rings is 2. The van der Waals surface area contributed by atoms with Gasteiger partial charge < -0.3 is 15.1 Å². The van der Waals surface area contributed by atoms with E-state index in [1.165, 1.54) is 17.4 Å². The molecule has 0 radical (unpaired) electrons. The molecule has 0 spiro atoms. The number of hydrogen-bond donors (Lipinski definition) is 1. The predicted molar refractivity (Wildman–Crippen MR) is 132 cm³/mol. The maximum Gasteiger partial charge on any atom is 0.243 e. The van der Waals surface area contributed by atoms with Gasteiger partial charge in [-0.25, -0.2) is 4.39 Å². The molecule has 0 aromatic heterocycles. The number of halogens is 1. The van der Waals surface area contributed by atoms with Gasteiger partial charge in [0.1, 0.15) is 12.2 Å². The minimum Gasteiger partial charge on any atom is -0.343 e. The third kappa shape index (κ3) is 5.09. The molecular weight excluding hydrogens is 445 g/mol. The lowest BCUT2D eigenvalue weighted by molar-refractivity contribution is -0.160. The van der Waals surface area contributed by atoms with Crippen LogP contribution in [0.3, 0.4) is 0 Å². The average Bonchev–Trinajstić information content (AvgIpc) is 3.22. The van der Waals surface area contributed by atoms with Gasteiger partial charge in [0.2, 0.25) is 17.7 Å². The van der Waals surface area contributed by atoms with Crippen LogP contribution in [0.2, 0.25) is 0 Å². The third-order valence-electron chi connectivity index (χ3n) is 7.21. The molecule has 2 fully saturated rings. The van der Waals surface area contributed by atoms with E-state index in [1.54, 1.807) is 11.8 Å². The number of rotatable bonds is 6. The molecule has 4 rings (SSSR count). The van der Waals surface area contributed by atoms with Crippen LogP contribution in [0.4, 0.5) is 4.39 Å². The molecule has 6 nitrogen and oxygen atoms in total. The first-order chi connectivity index (χ1) is 16.6. The molecule has 0 aliphatic carbocycles. The second kappa shape index (κ2) is 9.80. The smallest absolute Gasteiger partial charge is 0.243 e. The minimum atomic E-state index is -1.26. The number of carbonyl (C=O) groups excluding carboxylic acids is 3. The highest BCUT2D eigenvalue weighted by Crippen LogP contribution is 2.35. The topological polar surface area (TPSA) is 69.7 Å². The molecule has 3 atom stereocenters. The first kappa shape index (κ1) is 24.9. The summed E-state index contributed by atoms with van der Waals surface area (Å²) in [5.74, 6) is -0.344. The van der Waals surface area contributed by atoms with E-state index in [2.05, 4.69) is 31.3 Å². The number of alkyl halides is 1. The molecule has 0 bridgehead atoms. The van der Waals surface area contributed by atoms with Crippen molar-refractivity contribution in [1.29, 1.82) is 0 Å². The SMILES string of the molecule is CC(=O)N1CC(C)(C(=O)N2C[C@H](F)C[C@H]2C(=O)N[C@@H](c2ccccc2)c2ccc(C(C)C)cc2)C1. The van der Waals surface area contributed by atoms with Gasteiger partial charge in [-0.15, -0.1) is 0 Å². The van der Waals surface area contributed by atoms with Crippen LogP contribution < -0.4 is 5.32 Å². The minimum absolute atomic E-state index is 0.0299. The summed E-state index contributed by atoms with van der Waals surface area (Å²) in [5, 5.41) is 3.10. The lowest BCUT2D eigenvalue weighted by atomic mass is 9.80. The standard InChI is InChI=1S/C28H34FN3O3/c1-18(2)20-10-12-22(13-11-20)25(21-8-6-5-7-9-21)30-26(34)24-14-23(29)15-32(24)27(35)28(4)16-31(17-28)19(3)33/h5-13,18,23-25H,14-17H2,1-4H3,(H,30,34)/t23-,24+,25+/m1/s1. The van der Waals surface area contributed by atoms with Crippen molar-refractivity contribution in [3.63, 3.8) is 0 Å². The van der Waals surface area contributed by atoms with Gasteiger partial charge in [0.05, 0.1) is 18.0 Å². The summed E-state index contributed by atoms with van der Waals surface area (Å²) < 4.78 is 14.5. The van der Waals surface area contributed by atoms with Gasteiger partial charge in [-0.05, 0) is 29.5 Å². The van der Waals surface area contributed by atoms with E-state index in [4.69, 9.17) is 0 Å². The molecule has 0 unspecified atom stereocenters. The molecule has 2 aromatic rings. The summed E-state index contributed by atoms with van der Waals surface area (Å²) in [4.78, 5) is 41.4. The van der Waals surface area contributed by atoms with Gasteiger partial charge >= 0.3 is 0 Å². The summed E-state index contributed by atoms with van der Waals surface area (Å²) in [5.41, 5.74) is 2.24. The fourth-order valence-corrected chi connectivity index (χ4v) is 5.07. The van der Waals surface area contributed by atoms with Crippen molar-refractivity contribution in [3.05, 3.63) is 71.3 Å². The quantitative estimate of drug-likeness (QED) is 0.685. The molecule has 7 heteroatoms. The van der Waals surface area contributed by atoms with E-state index in [0.717, 1.165) is 11.1 Å².